The van der Waals surface area contributed by atoms with Gasteiger partial charge in [0.15, 0.2) is 0 Å². The van der Waals surface area contributed by atoms with Crippen molar-refractivity contribution < 1.29 is 9.53 Å². The zero-order valence-corrected chi connectivity index (χ0v) is 12.7. The molecule has 0 aliphatic carbocycles. The third kappa shape index (κ3) is 2.67. The normalized spacial score (nSPS) is 28.9. The van der Waals surface area contributed by atoms with Crippen molar-refractivity contribution in [2.24, 2.45) is 5.92 Å². The van der Waals surface area contributed by atoms with Crippen LogP contribution in [0.4, 0.5) is 0 Å². The van der Waals surface area contributed by atoms with Crippen LogP contribution in [0.15, 0.2) is 24.3 Å². The number of carbonyl (C=O) groups is 1. The molecule has 2 heteroatoms. The van der Waals surface area contributed by atoms with Crippen LogP contribution in [-0.4, -0.2) is 18.0 Å². The second-order valence-corrected chi connectivity index (χ2v) is 7.31. The van der Waals surface area contributed by atoms with Gasteiger partial charge < -0.3 is 4.74 Å². The highest BCUT2D eigenvalue weighted by Crippen LogP contribution is 2.39. The second-order valence-electron chi connectivity index (χ2n) is 7.31. The third-order valence-electron chi connectivity index (χ3n) is 4.72. The maximum atomic E-state index is 12.4. The topological polar surface area (TPSA) is 26.3 Å². The van der Waals surface area contributed by atoms with Gasteiger partial charge in [0, 0.05) is 12.3 Å². The number of Topliss-reactive ketones (excluding diaryl/α,β-unsaturated/α-hetero) is 1. The van der Waals surface area contributed by atoms with Gasteiger partial charge in [-0.2, -0.15) is 0 Å². The van der Waals surface area contributed by atoms with E-state index >= 15 is 0 Å². The number of hydrogen-bond acceptors (Lipinski definition) is 2. The minimum absolute atomic E-state index is 0.149. The van der Waals surface area contributed by atoms with Gasteiger partial charge in [-0.1, -0.05) is 45.0 Å². The molecule has 3 rings (SSSR count). The first kappa shape index (κ1) is 13.8. The van der Waals surface area contributed by atoms with Crippen molar-refractivity contribution in [2.45, 2.75) is 64.1 Å². The average Bonchev–Trinajstić information content (AvgIpc) is 3.00. The fourth-order valence-electron chi connectivity index (χ4n) is 3.43. The number of ether oxygens (including phenoxy) is 1. The van der Waals surface area contributed by atoms with E-state index in [1.165, 1.54) is 5.56 Å². The molecule has 2 fully saturated rings. The Hall–Kier alpha value is -1.15. The number of ketones is 1. The molecule has 2 nitrogen and oxygen atoms in total. The molecule has 0 spiro atoms. The van der Waals surface area contributed by atoms with Gasteiger partial charge in [-0.3, -0.25) is 4.79 Å². The molecule has 1 aromatic carbocycles. The number of fused-ring (bicyclic) bond motifs is 2. The summed E-state index contributed by atoms with van der Waals surface area (Å²) in [4.78, 5) is 12.4. The smallest absolute Gasteiger partial charge is 0.143 e. The molecule has 108 valence electrons. The van der Waals surface area contributed by atoms with E-state index in [0.717, 1.165) is 24.8 Å². The largest absolute Gasteiger partial charge is 0.374 e. The molecule has 1 aromatic rings. The molecule has 20 heavy (non-hydrogen) atoms. The van der Waals surface area contributed by atoms with Gasteiger partial charge in [0.05, 0.1) is 12.2 Å². The lowest BCUT2D eigenvalue weighted by Crippen LogP contribution is -2.26. The lowest BCUT2D eigenvalue weighted by atomic mass is 9.83. The van der Waals surface area contributed by atoms with Crippen LogP contribution in [0, 0.1) is 5.92 Å². The van der Waals surface area contributed by atoms with Gasteiger partial charge in [-0.25, -0.2) is 0 Å². The maximum Gasteiger partial charge on any atom is 0.143 e. The molecule has 0 amide bonds. The van der Waals surface area contributed by atoms with Gasteiger partial charge >= 0.3 is 0 Å². The lowest BCUT2D eigenvalue weighted by molar-refractivity contribution is -0.123. The van der Waals surface area contributed by atoms with E-state index in [-0.39, 0.29) is 17.4 Å². The van der Waals surface area contributed by atoms with Crippen LogP contribution in [0.25, 0.3) is 0 Å². The Labute approximate surface area is 121 Å². The van der Waals surface area contributed by atoms with Gasteiger partial charge in [0.1, 0.15) is 5.78 Å². The summed E-state index contributed by atoms with van der Waals surface area (Å²) in [6, 6.07) is 8.51. The molecule has 0 saturated carbocycles. The van der Waals surface area contributed by atoms with E-state index in [9.17, 15) is 4.79 Å². The van der Waals surface area contributed by atoms with Crippen molar-refractivity contribution >= 4 is 5.78 Å². The molecule has 2 bridgehead atoms. The molecule has 3 unspecified atom stereocenters. The highest BCUT2D eigenvalue weighted by atomic mass is 16.5. The SMILES string of the molecule is CC(C)(C)c1ccc(CC(=O)C2CC3CCC2O3)cc1. The van der Waals surface area contributed by atoms with Crippen LogP contribution in [0.2, 0.25) is 0 Å². The highest BCUT2D eigenvalue weighted by Gasteiger charge is 2.43. The lowest BCUT2D eigenvalue weighted by Gasteiger charge is -2.20. The highest BCUT2D eigenvalue weighted by molar-refractivity contribution is 5.84. The summed E-state index contributed by atoms with van der Waals surface area (Å²) in [5.74, 6) is 0.511. The van der Waals surface area contributed by atoms with Crippen LogP contribution in [0.5, 0.6) is 0 Å². The second kappa shape index (κ2) is 5.00. The average molecular weight is 272 g/mol. The van der Waals surface area contributed by atoms with E-state index in [1.54, 1.807) is 0 Å². The van der Waals surface area contributed by atoms with E-state index in [0.29, 0.717) is 18.3 Å². The van der Waals surface area contributed by atoms with Crippen LogP contribution < -0.4 is 0 Å². The van der Waals surface area contributed by atoms with Crippen LogP contribution in [0.1, 0.15) is 51.2 Å². The monoisotopic (exact) mass is 272 g/mol. The molecule has 2 aliphatic heterocycles. The standard InChI is InChI=1S/C18H24O2/c1-18(2,3)13-6-4-12(5-7-13)10-16(19)15-11-14-8-9-17(15)20-14/h4-7,14-15,17H,8-11H2,1-3H3. The van der Waals surface area contributed by atoms with Crippen molar-refractivity contribution in [3.05, 3.63) is 35.4 Å². The van der Waals surface area contributed by atoms with Crippen molar-refractivity contribution in [3.8, 4) is 0 Å². The molecule has 2 heterocycles. The molecule has 2 saturated heterocycles. The molecule has 2 aliphatic rings. The Kier molecular flexibility index (Phi) is 3.45. The number of benzene rings is 1. The maximum absolute atomic E-state index is 12.4. The van der Waals surface area contributed by atoms with Crippen molar-refractivity contribution in [3.63, 3.8) is 0 Å². The van der Waals surface area contributed by atoms with Gasteiger partial charge in [-0.15, -0.1) is 0 Å². The fraction of sp³-hybridized carbons (Fsp3) is 0.611. The van der Waals surface area contributed by atoms with Crippen LogP contribution >= 0.6 is 0 Å². The molecule has 3 atom stereocenters. The Morgan fingerprint density at radius 3 is 2.40 bits per heavy atom. The number of carbonyl (C=O) groups excluding carboxylic acids is 1. The van der Waals surface area contributed by atoms with Gasteiger partial charge in [-0.05, 0) is 35.8 Å². The van der Waals surface area contributed by atoms with Crippen molar-refractivity contribution in [1.82, 2.24) is 0 Å². The summed E-state index contributed by atoms with van der Waals surface area (Å²) >= 11 is 0. The van der Waals surface area contributed by atoms with E-state index in [1.807, 2.05) is 0 Å². The Balaban J connectivity index is 1.64. The van der Waals surface area contributed by atoms with Crippen molar-refractivity contribution in [1.29, 1.82) is 0 Å². The quantitative estimate of drug-likeness (QED) is 0.839. The van der Waals surface area contributed by atoms with Crippen LogP contribution in [-0.2, 0) is 21.4 Å². The Morgan fingerprint density at radius 1 is 1.20 bits per heavy atom. The summed E-state index contributed by atoms with van der Waals surface area (Å²) in [5, 5.41) is 0. The Bertz CT molecular complexity index is 495. The van der Waals surface area contributed by atoms with E-state index < -0.39 is 0 Å². The summed E-state index contributed by atoms with van der Waals surface area (Å²) in [6.45, 7) is 6.62. The number of rotatable bonds is 3. The zero-order chi connectivity index (χ0) is 14.3. The van der Waals surface area contributed by atoms with Gasteiger partial charge in [0.2, 0.25) is 0 Å². The predicted molar refractivity (Wildman–Crippen MR) is 79.9 cm³/mol. The molecule has 0 aromatic heterocycles. The van der Waals surface area contributed by atoms with E-state index in [4.69, 9.17) is 4.74 Å². The first-order valence-electron chi connectivity index (χ1n) is 7.71. The first-order valence-corrected chi connectivity index (χ1v) is 7.71. The molecule has 0 radical (unpaired) electrons. The first-order chi connectivity index (χ1) is 9.43. The summed E-state index contributed by atoms with van der Waals surface area (Å²) in [5.41, 5.74) is 2.61. The summed E-state index contributed by atoms with van der Waals surface area (Å²) in [7, 11) is 0. The van der Waals surface area contributed by atoms with Gasteiger partial charge in [0.25, 0.3) is 0 Å². The van der Waals surface area contributed by atoms with Crippen molar-refractivity contribution in [2.75, 3.05) is 0 Å². The third-order valence-corrected chi connectivity index (χ3v) is 4.72. The minimum atomic E-state index is 0.149. The predicted octanol–water partition coefficient (Wildman–Crippen LogP) is 3.66. The van der Waals surface area contributed by atoms with Crippen LogP contribution in [0.3, 0.4) is 0 Å². The molecule has 0 N–H and O–H groups in total. The number of hydrogen-bond donors (Lipinski definition) is 0. The van der Waals surface area contributed by atoms with E-state index in [2.05, 4.69) is 45.0 Å². The summed E-state index contributed by atoms with van der Waals surface area (Å²) < 4.78 is 5.79. The zero-order valence-electron chi connectivity index (χ0n) is 12.7. The fourth-order valence-corrected chi connectivity index (χ4v) is 3.43. The molecular formula is C18H24O2. The minimum Gasteiger partial charge on any atom is -0.374 e. The molecular weight excluding hydrogens is 248 g/mol. The Morgan fingerprint density at radius 2 is 1.90 bits per heavy atom. The summed E-state index contributed by atoms with van der Waals surface area (Å²) in [6.07, 6.45) is 4.29.